The van der Waals surface area contributed by atoms with E-state index in [-0.39, 0.29) is 28.3 Å². The van der Waals surface area contributed by atoms with Crippen LogP contribution in [0.2, 0.25) is 0 Å². The number of nitrogens with one attached hydrogen (secondary N) is 3. The van der Waals surface area contributed by atoms with Gasteiger partial charge in [-0.2, -0.15) is 4.39 Å². The van der Waals surface area contributed by atoms with E-state index in [0.717, 1.165) is 36.1 Å². The van der Waals surface area contributed by atoms with E-state index in [1.165, 1.54) is 6.07 Å². The Morgan fingerprint density at radius 2 is 1.84 bits per heavy atom. The molecule has 8 nitrogen and oxygen atoms in total. The molecule has 1 aliphatic heterocycles. The first-order valence-corrected chi connectivity index (χ1v) is 12.8. The summed E-state index contributed by atoms with van der Waals surface area (Å²) in [6.45, 7) is 0.410. The summed E-state index contributed by atoms with van der Waals surface area (Å²) in [4.78, 5) is 22.3. The summed E-state index contributed by atoms with van der Waals surface area (Å²) in [5.41, 5.74) is 3.60. The molecular formula is C29H28FN7O. The number of rotatable bonds is 6. The van der Waals surface area contributed by atoms with Crippen LogP contribution in [-0.2, 0) is 13.6 Å². The molecule has 0 amide bonds. The van der Waals surface area contributed by atoms with E-state index in [0.29, 0.717) is 23.7 Å². The van der Waals surface area contributed by atoms with Gasteiger partial charge >= 0.3 is 0 Å². The van der Waals surface area contributed by atoms with Gasteiger partial charge in [0.25, 0.3) is 5.56 Å². The molecule has 1 aliphatic carbocycles. The van der Waals surface area contributed by atoms with Gasteiger partial charge in [-0.15, -0.1) is 0 Å². The Hall–Kier alpha value is -4.53. The summed E-state index contributed by atoms with van der Waals surface area (Å²) >= 11 is 0. The minimum Gasteiger partial charge on any atom is -0.367 e. The van der Waals surface area contributed by atoms with Gasteiger partial charge < -0.3 is 10.6 Å². The van der Waals surface area contributed by atoms with Crippen molar-refractivity contribution in [2.75, 3.05) is 5.32 Å². The molecule has 1 fully saturated rings. The van der Waals surface area contributed by atoms with E-state index in [1.54, 1.807) is 23.7 Å². The van der Waals surface area contributed by atoms with Crippen LogP contribution in [0.3, 0.4) is 0 Å². The molecule has 192 valence electrons. The third-order valence-corrected chi connectivity index (χ3v) is 7.30. The second-order valence-corrected chi connectivity index (χ2v) is 9.71. The molecule has 0 spiro atoms. The molecule has 0 saturated heterocycles. The minimum absolute atomic E-state index is 0.116. The summed E-state index contributed by atoms with van der Waals surface area (Å²) in [7, 11) is 1.72. The zero-order valence-corrected chi connectivity index (χ0v) is 21.0. The maximum atomic E-state index is 13.6. The lowest BCUT2D eigenvalue weighted by atomic mass is 10.1. The van der Waals surface area contributed by atoms with Crippen LogP contribution in [0.4, 0.5) is 10.1 Å². The van der Waals surface area contributed by atoms with Crippen LogP contribution in [0.15, 0.2) is 82.6 Å². The van der Waals surface area contributed by atoms with Crippen molar-refractivity contribution in [1.82, 2.24) is 19.4 Å². The number of nitrogens with zero attached hydrogens (tertiary/aromatic N) is 4. The Kier molecular flexibility index (Phi) is 6.11. The first-order chi connectivity index (χ1) is 18.5. The van der Waals surface area contributed by atoms with Crippen molar-refractivity contribution < 1.29 is 4.39 Å². The van der Waals surface area contributed by atoms with Crippen molar-refractivity contribution in [2.24, 2.45) is 12.0 Å². The van der Waals surface area contributed by atoms with Crippen LogP contribution in [0, 0.1) is 11.4 Å². The third-order valence-electron chi connectivity index (χ3n) is 7.30. The molecule has 2 aromatic heterocycles. The van der Waals surface area contributed by atoms with Crippen molar-refractivity contribution in [1.29, 1.82) is 5.41 Å². The van der Waals surface area contributed by atoms with E-state index < -0.39 is 5.95 Å². The largest absolute Gasteiger partial charge is 0.367 e. The second kappa shape index (κ2) is 9.74. The molecule has 2 aliphatic rings. The molecule has 38 heavy (non-hydrogen) atoms. The van der Waals surface area contributed by atoms with Crippen molar-refractivity contribution in [2.45, 2.75) is 37.9 Å². The fourth-order valence-electron chi connectivity index (χ4n) is 5.36. The summed E-state index contributed by atoms with van der Waals surface area (Å²) < 4.78 is 17.0. The lowest BCUT2D eigenvalue weighted by Crippen LogP contribution is -2.59. The van der Waals surface area contributed by atoms with Crippen LogP contribution in [-0.4, -0.2) is 20.2 Å². The summed E-state index contributed by atoms with van der Waals surface area (Å²) in [5.74, 6) is -0.0504. The molecule has 0 unspecified atom stereocenters. The molecule has 4 aromatic rings. The van der Waals surface area contributed by atoms with E-state index in [2.05, 4.69) is 15.6 Å². The number of halogens is 1. The van der Waals surface area contributed by atoms with Crippen molar-refractivity contribution in [3.8, 4) is 11.3 Å². The molecule has 0 radical (unpaired) electrons. The highest BCUT2D eigenvalue weighted by Crippen LogP contribution is 2.32. The predicted octanol–water partition coefficient (Wildman–Crippen LogP) is 2.56. The number of aromatic nitrogens is 3. The van der Waals surface area contributed by atoms with Gasteiger partial charge in [0.05, 0.1) is 17.8 Å². The monoisotopic (exact) mass is 509 g/mol. The smallest absolute Gasteiger partial charge is 0.267 e. The molecule has 3 heterocycles. The van der Waals surface area contributed by atoms with Gasteiger partial charge in [-0.25, -0.2) is 9.98 Å². The standard InChI is InChI=1S/C29H28FN7O/c1-36-28(38)25(26(31)37-23-11-5-10-22(23)35-29(36)37)27(33-20-7-3-2-4-8-20)32-17-18-13-15-19(16-14-18)21-9-6-12-24(30)34-21/h2-4,6-9,12-16,22-23,31-33H,5,10-11,17H2,1H3/b27-25-,31-26?/t22-,23+/m1/s1. The van der Waals surface area contributed by atoms with Crippen LogP contribution < -0.4 is 32.5 Å². The third kappa shape index (κ3) is 4.30. The number of pyridine rings is 1. The molecule has 9 heteroatoms. The number of fused-ring (bicyclic) bond motifs is 3. The van der Waals surface area contributed by atoms with Crippen molar-refractivity contribution >= 4 is 11.5 Å². The molecular weight excluding hydrogens is 481 g/mol. The maximum Gasteiger partial charge on any atom is 0.267 e. The average Bonchev–Trinajstić information content (AvgIpc) is 3.53. The van der Waals surface area contributed by atoms with Gasteiger partial charge in [-0.1, -0.05) is 48.5 Å². The highest BCUT2D eigenvalue weighted by Gasteiger charge is 2.34. The topological polar surface area (TPSA) is 100 Å². The molecule has 2 atom stereocenters. The van der Waals surface area contributed by atoms with E-state index >= 15 is 0 Å². The number of para-hydroxylation sites is 1. The maximum absolute atomic E-state index is 13.6. The van der Waals surface area contributed by atoms with E-state index in [4.69, 9.17) is 10.4 Å². The Morgan fingerprint density at radius 1 is 1.05 bits per heavy atom. The normalized spacial score (nSPS) is 18.4. The highest BCUT2D eigenvalue weighted by molar-refractivity contribution is 5.63. The molecule has 0 bridgehead atoms. The van der Waals surface area contributed by atoms with Crippen molar-refractivity contribution in [3.05, 3.63) is 111 Å². The fraction of sp³-hybridized carbons (Fsp3) is 0.241. The number of hydrogen-bond donors (Lipinski definition) is 3. The van der Waals surface area contributed by atoms with Crippen molar-refractivity contribution in [3.63, 3.8) is 0 Å². The van der Waals surface area contributed by atoms with Gasteiger partial charge in [0.1, 0.15) is 16.5 Å². The van der Waals surface area contributed by atoms with Gasteiger partial charge in [-0.3, -0.25) is 19.3 Å². The molecule has 3 N–H and O–H groups in total. The Balaban J connectivity index is 1.40. The minimum atomic E-state index is -0.517. The Labute approximate surface area is 218 Å². The van der Waals surface area contributed by atoms with E-state index in [9.17, 15) is 9.18 Å². The van der Waals surface area contributed by atoms with Gasteiger partial charge in [0.2, 0.25) is 11.6 Å². The first-order valence-electron chi connectivity index (χ1n) is 12.8. The molecule has 1 saturated carbocycles. The quantitative estimate of drug-likeness (QED) is 0.348. The zero-order chi connectivity index (χ0) is 26.2. The van der Waals surface area contributed by atoms with Crippen LogP contribution >= 0.6 is 0 Å². The van der Waals surface area contributed by atoms with Gasteiger partial charge in [0.15, 0.2) is 0 Å². The Bertz CT molecular complexity index is 1740. The first kappa shape index (κ1) is 23.8. The number of benzene rings is 2. The van der Waals surface area contributed by atoms with Crippen LogP contribution in [0.25, 0.3) is 17.1 Å². The average molecular weight is 510 g/mol. The van der Waals surface area contributed by atoms with E-state index in [1.807, 2.05) is 59.2 Å². The molecule has 6 rings (SSSR count). The van der Waals surface area contributed by atoms with Crippen LogP contribution in [0.1, 0.15) is 30.9 Å². The van der Waals surface area contributed by atoms with Gasteiger partial charge in [-0.05, 0) is 49.1 Å². The lowest BCUT2D eigenvalue weighted by molar-refractivity contribution is 0.465. The SMILES string of the molecule is Cn1c(=O)/c(=C(/NCc2ccc(-c3cccc(F)n3)cc2)Nc2ccccc2)c(=N)n2c1=N[C@@H]1CCC[C@@H]12. The molecule has 2 aromatic carbocycles. The zero-order valence-electron chi connectivity index (χ0n) is 21.0. The number of hydrogen-bond acceptors (Lipinski definition) is 6. The van der Waals surface area contributed by atoms with Crippen LogP contribution in [0.5, 0.6) is 0 Å². The van der Waals surface area contributed by atoms with Gasteiger partial charge in [0, 0.05) is 24.8 Å². The second-order valence-electron chi connectivity index (χ2n) is 9.71. The fourth-order valence-corrected chi connectivity index (χ4v) is 5.36. The predicted molar refractivity (Wildman–Crippen MR) is 143 cm³/mol. The lowest BCUT2D eigenvalue weighted by Gasteiger charge is -2.17. The summed E-state index contributed by atoms with van der Waals surface area (Å²) in [6.07, 6.45) is 3.01. The Morgan fingerprint density at radius 3 is 2.61 bits per heavy atom. The summed E-state index contributed by atoms with van der Waals surface area (Å²) in [6, 6.07) is 22.2. The summed E-state index contributed by atoms with van der Waals surface area (Å²) in [5, 5.41) is 16.1. The number of anilines is 1. The highest BCUT2D eigenvalue weighted by atomic mass is 19.1.